The number of H-pyrrole nitrogens is 1. The Labute approximate surface area is 135 Å². The van der Waals surface area contributed by atoms with Crippen LogP contribution < -0.4 is 5.56 Å². The number of hydrogen-bond donors (Lipinski definition) is 2. The fourth-order valence-corrected chi connectivity index (χ4v) is 2.00. The third-order valence-corrected chi connectivity index (χ3v) is 3.21. The molecule has 10 heteroatoms. The molecule has 118 valence electrons. The molecule has 0 amide bonds. The quantitative estimate of drug-likeness (QED) is 0.657. The number of hydrogen-bond acceptors (Lipinski definition) is 7. The maximum Gasteiger partial charge on any atom is 0.279 e. The molecule has 10 nitrogen and oxygen atoms in total. The van der Waals surface area contributed by atoms with Crippen molar-refractivity contribution in [3.63, 3.8) is 0 Å². The number of aromatic amines is 1. The third kappa shape index (κ3) is 2.58. The summed E-state index contributed by atoms with van der Waals surface area (Å²) >= 11 is 0. The van der Waals surface area contributed by atoms with Gasteiger partial charge in [0.25, 0.3) is 5.56 Å². The molecule has 0 atom stereocenters. The van der Waals surface area contributed by atoms with Crippen LogP contribution in [0.15, 0.2) is 15.0 Å². The van der Waals surface area contributed by atoms with Crippen LogP contribution in [0.1, 0.15) is 23.9 Å². The van der Waals surface area contributed by atoms with Gasteiger partial charge in [-0.2, -0.15) is 15.5 Å². The number of pyridine rings is 1. The molecule has 2 rings (SSSR count). The van der Waals surface area contributed by atoms with Crippen molar-refractivity contribution in [1.82, 2.24) is 14.5 Å². The number of imidazole rings is 1. The largest absolute Gasteiger partial charge is 0.503 e. The number of nitriles is 2. The fourth-order valence-electron chi connectivity index (χ4n) is 2.00. The van der Waals surface area contributed by atoms with Crippen LogP contribution in [0.25, 0.3) is 4.85 Å². The van der Waals surface area contributed by atoms with Gasteiger partial charge in [-0.15, -0.1) is 10.2 Å². The molecule has 0 bridgehead atoms. The molecule has 2 heterocycles. The highest BCUT2D eigenvalue weighted by Crippen LogP contribution is 2.34. The Morgan fingerprint density at radius 1 is 1.42 bits per heavy atom. The van der Waals surface area contributed by atoms with Gasteiger partial charge in [0.15, 0.2) is 17.3 Å². The van der Waals surface area contributed by atoms with E-state index >= 15 is 0 Å². The lowest BCUT2D eigenvalue weighted by Crippen LogP contribution is -2.19. The first kappa shape index (κ1) is 16.4. The number of nitrogens with zero attached hydrogens (tertiary/aromatic N) is 7. The first-order valence-electron chi connectivity index (χ1n) is 6.64. The van der Waals surface area contributed by atoms with E-state index in [9.17, 15) is 9.90 Å². The van der Waals surface area contributed by atoms with Crippen molar-refractivity contribution in [2.75, 3.05) is 0 Å². The topological polar surface area (TPSA) is 148 Å². The van der Waals surface area contributed by atoms with Crippen molar-refractivity contribution in [1.29, 1.82) is 10.5 Å². The Bertz CT molecular complexity index is 992. The molecule has 2 aromatic heterocycles. The Hall–Kier alpha value is -3.97. The summed E-state index contributed by atoms with van der Waals surface area (Å²) in [7, 11) is 0. The van der Waals surface area contributed by atoms with Crippen molar-refractivity contribution < 1.29 is 5.11 Å². The maximum atomic E-state index is 12.3. The summed E-state index contributed by atoms with van der Waals surface area (Å²) in [5.41, 5.74) is -0.873. The van der Waals surface area contributed by atoms with Crippen molar-refractivity contribution >= 4 is 17.3 Å². The molecular formula is C14H10N8O2. The molecule has 0 aliphatic carbocycles. The van der Waals surface area contributed by atoms with Crippen LogP contribution in [0, 0.1) is 36.2 Å². The zero-order valence-corrected chi connectivity index (χ0v) is 12.7. The molecule has 2 N–H and O–H groups in total. The zero-order chi connectivity index (χ0) is 17.9. The average Bonchev–Trinajstić information content (AvgIpc) is 2.98. The summed E-state index contributed by atoms with van der Waals surface area (Å²) in [5.74, 6) is -0.548. The van der Waals surface area contributed by atoms with Gasteiger partial charge in [-0.1, -0.05) is 0 Å². The molecule has 0 saturated heterocycles. The van der Waals surface area contributed by atoms with Crippen LogP contribution in [-0.4, -0.2) is 19.6 Å². The molecule has 0 saturated carbocycles. The summed E-state index contributed by atoms with van der Waals surface area (Å²) in [6, 6.07) is 3.48. The van der Waals surface area contributed by atoms with Crippen LogP contribution in [0.5, 0.6) is 5.88 Å². The minimum absolute atomic E-state index is 0.0679. The van der Waals surface area contributed by atoms with E-state index in [1.54, 1.807) is 19.1 Å². The number of nitrogens with one attached hydrogen (secondary N) is 1. The second-order valence-corrected chi connectivity index (χ2v) is 4.51. The second kappa shape index (κ2) is 6.42. The predicted molar refractivity (Wildman–Crippen MR) is 81.2 cm³/mol. The predicted octanol–water partition coefficient (Wildman–Crippen LogP) is 2.31. The third-order valence-electron chi connectivity index (χ3n) is 3.21. The number of rotatable bonds is 3. The van der Waals surface area contributed by atoms with E-state index in [4.69, 9.17) is 17.1 Å². The molecule has 0 spiro atoms. The van der Waals surface area contributed by atoms with Gasteiger partial charge in [-0.3, -0.25) is 9.36 Å². The van der Waals surface area contributed by atoms with Gasteiger partial charge in [0.1, 0.15) is 17.8 Å². The average molecular weight is 322 g/mol. The monoisotopic (exact) mass is 322 g/mol. The molecule has 24 heavy (non-hydrogen) atoms. The number of aromatic hydroxyl groups is 1. The summed E-state index contributed by atoms with van der Waals surface area (Å²) in [5, 5.41) is 35.1. The van der Waals surface area contributed by atoms with Gasteiger partial charge in [-0.05, 0) is 19.4 Å². The maximum absolute atomic E-state index is 12.3. The van der Waals surface area contributed by atoms with Crippen molar-refractivity contribution in [3.8, 4) is 18.0 Å². The van der Waals surface area contributed by atoms with Crippen LogP contribution in [0.2, 0.25) is 0 Å². The van der Waals surface area contributed by atoms with Gasteiger partial charge in [-0.25, -0.2) is 4.85 Å². The lowest BCUT2D eigenvalue weighted by Gasteiger charge is -2.10. The van der Waals surface area contributed by atoms with E-state index in [1.165, 1.54) is 6.92 Å². The van der Waals surface area contributed by atoms with Gasteiger partial charge in [0, 0.05) is 6.54 Å². The molecule has 0 aliphatic heterocycles. The van der Waals surface area contributed by atoms with Gasteiger partial charge in [0.2, 0.25) is 11.6 Å². The van der Waals surface area contributed by atoms with Crippen molar-refractivity contribution in [3.05, 3.63) is 38.7 Å². The number of azo groups is 1. The lowest BCUT2D eigenvalue weighted by atomic mass is 10.2. The first-order valence-corrected chi connectivity index (χ1v) is 6.64. The molecule has 2 aromatic rings. The van der Waals surface area contributed by atoms with Crippen molar-refractivity contribution in [2.45, 2.75) is 20.4 Å². The van der Waals surface area contributed by atoms with Crippen LogP contribution in [-0.2, 0) is 6.54 Å². The summed E-state index contributed by atoms with van der Waals surface area (Å²) in [4.78, 5) is 21.8. The van der Waals surface area contributed by atoms with Gasteiger partial charge in [0.05, 0.1) is 6.57 Å². The summed E-state index contributed by atoms with van der Waals surface area (Å²) < 4.78 is 0.998. The summed E-state index contributed by atoms with van der Waals surface area (Å²) in [6.45, 7) is 10.4. The smallest absolute Gasteiger partial charge is 0.279 e. The molecule has 0 aromatic carbocycles. The van der Waals surface area contributed by atoms with Gasteiger partial charge < -0.3 is 10.1 Å². The highest BCUT2D eigenvalue weighted by atomic mass is 16.3. The highest BCUT2D eigenvalue weighted by molar-refractivity contribution is 5.67. The molecule has 0 fully saturated rings. The molecule has 0 radical (unpaired) electrons. The van der Waals surface area contributed by atoms with Crippen LogP contribution in [0.3, 0.4) is 0 Å². The van der Waals surface area contributed by atoms with E-state index in [2.05, 4.69) is 25.0 Å². The fraction of sp³-hybridized carbons (Fsp3) is 0.214. The Kier molecular flexibility index (Phi) is 4.39. The summed E-state index contributed by atoms with van der Waals surface area (Å²) in [6.07, 6.45) is 0. The Morgan fingerprint density at radius 2 is 2.12 bits per heavy atom. The SMILES string of the molecule is [C-]#[N+]c1c(C)c(N=Nc2nc(C#N)c(C#N)[nH]2)c(=O)n(CC)c1O. The van der Waals surface area contributed by atoms with E-state index in [-0.39, 0.29) is 40.8 Å². The lowest BCUT2D eigenvalue weighted by molar-refractivity contribution is 0.415. The highest BCUT2D eigenvalue weighted by Gasteiger charge is 2.18. The zero-order valence-electron chi connectivity index (χ0n) is 12.7. The Balaban J connectivity index is 2.61. The number of aromatic nitrogens is 3. The minimum atomic E-state index is -0.615. The standard InChI is InChI=1S/C14H10N8O2/c1-4-22-12(23)10(17-3)7(2)11(13(22)24)20-21-14-18-8(5-15)9(6-16)19-14/h23H,4H2,1-2H3,(H,18,19). The van der Waals surface area contributed by atoms with Gasteiger partial charge >= 0.3 is 0 Å². The second-order valence-electron chi connectivity index (χ2n) is 4.51. The minimum Gasteiger partial charge on any atom is -0.503 e. The normalized spacial score (nSPS) is 10.3. The molecule has 0 unspecified atom stereocenters. The van der Waals surface area contributed by atoms with E-state index in [0.717, 1.165) is 4.57 Å². The van der Waals surface area contributed by atoms with E-state index < -0.39 is 11.4 Å². The van der Waals surface area contributed by atoms with E-state index in [1.807, 2.05) is 0 Å². The van der Waals surface area contributed by atoms with Crippen molar-refractivity contribution in [2.24, 2.45) is 10.2 Å². The molecule has 0 aliphatic rings. The molecular weight excluding hydrogens is 312 g/mol. The van der Waals surface area contributed by atoms with E-state index in [0.29, 0.717) is 0 Å². The first-order chi connectivity index (χ1) is 11.5. The van der Waals surface area contributed by atoms with Crippen LogP contribution >= 0.6 is 0 Å². The van der Waals surface area contributed by atoms with Crippen LogP contribution in [0.4, 0.5) is 17.3 Å². The Morgan fingerprint density at radius 3 is 2.62 bits per heavy atom.